The van der Waals surface area contributed by atoms with Crippen LogP contribution in [0.3, 0.4) is 0 Å². The van der Waals surface area contributed by atoms with Crippen LogP contribution in [0.4, 0.5) is 0 Å². The summed E-state index contributed by atoms with van der Waals surface area (Å²) in [6, 6.07) is 0.240. The summed E-state index contributed by atoms with van der Waals surface area (Å²) in [6.45, 7) is 6.74. The Morgan fingerprint density at radius 2 is 2.28 bits per heavy atom. The van der Waals surface area contributed by atoms with Crippen LogP contribution < -0.4 is 5.32 Å². The highest BCUT2D eigenvalue weighted by atomic mass is 16.5. The quantitative estimate of drug-likeness (QED) is 0.722. The highest BCUT2D eigenvalue weighted by Crippen LogP contribution is 2.17. The number of nitrogens with zero attached hydrogens (tertiary/aromatic N) is 1. The minimum absolute atomic E-state index is 0.0687. The van der Waals surface area contributed by atoms with Crippen LogP contribution in [0.15, 0.2) is 0 Å². The van der Waals surface area contributed by atoms with E-state index in [0.717, 1.165) is 13.0 Å². The molecule has 18 heavy (non-hydrogen) atoms. The standard InChI is InChI=1S/C13H26N2O3/c1-5-6-14-12-9-18-8-11(12)13(16)15(3)10(2)7-17-4/h10-12,14H,5-9H2,1-4H3. The van der Waals surface area contributed by atoms with E-state index in [0.29, 0.717) is 19.8 Å². The molecule has 0 aromatic rings. The average molecular weight is 258 g/mol. The molecule has 0 saturated carbocycles. The van der Waals surface area contributed by atoms with Crippen molar-refractivity contribution in [3.8, 4) is 0 Å². The molecule has 0 aromatic heterocycles. The largest absolute Gasteiger partial charge is 0.383 e. The van der Waals surface area contributed by atoms with E-state index in [-0.39, 0.29) is 23.9 Å². The van der Waals surface area contributed by atoms with Gasteiger partial charge in [-0.1, -0.05) is 6.92 Å². The number of likely N-dealkylation sites (N-methyl/N-ethyl adjacent to an activating group) is 1. The van der Waals surface area contributed by atoms with Gasteiger partial charge >= 0.3 is 0 Å². The number of amides is 1. The van der Waals surface area contributed by atoms with Crippen molar-refractivity contribution in [2.24, 2.45) is 5.92 Å². The number of rotatable bonds is 7. The molecule has 0 aromatic carbocycles. The van der Waals surface area contributed by atoms with Crippen molar-refractivity contribution >= 4 is 5.91 Å². The second-order valence-electron chi connectivity index (χ2n) is 4.96. The summed E-state index contributed by atoms with van der Waals surface area (Å²) < 4.78 is 10.5. The lowest BCUT2D eigenvalue weighted by Gasteiger charge is -2.29. The molecule has 0 aliphatic carbocycles. The molecule has 0 spiro atoms. The Bertz CT molecular complexity index is 261. The Kier molecular flexibility index (Phi) is 6.60. The van der Waals surface area contributed by atoms with Gasteiger partial charge in [0.15, 0.2) is 0 Å². The predicted octanol–water partition coefficient (Wildman–Crippen LogP) is 0.494. The fourth-order valence-corrected chi connectivity index (χ4v) is 2.16. The third-order valence-electron chi connectivity index (χ3n) is 3.47. The Hall–Kier alpha value is -0.650. The van der Waals surface area contributed by atoms with E-state index >= 15 is 0 Å². The summed E-state index contributed by atoms with van der Waals surface area (Å²) >= 11 is 0. The number of hydrogen-bond donors (Lipinski definition) is 1. The van der Waals surface area contributed by atoms with Crippen LogP contribution in [-0.4, -0.2) is 63.4 Å². The first-order valence-corrected chi connectivity index (χ1v) is 6.68. The molecule has 1 aliphatic rings. The van der Waals surface area contributed by atoms with Crippen LogP contribution in [0.5, 0.6) is 0 Å². The SMILES string of the molecule is CCCNC1COCC1C(=O)N(C)C(C)COC. The Labute approximate surface area is 110 Å². The van der Waals surface area contributed by atoms with Gasteiger partial charge in [-0.25, -0.2) is 0 Å². The van der Waals surface area contributed by atoms with E-state index in [1.807, 2.05) is 14.0 Å². The van der Waals surface area contributed by atoms with Crippen LogP contribution in [0.1, 0.15) is 20.3 Å². The van der Waals surface area contributed by atoms with Gasteiger partial charge in [-0.05, 0) is 19.9 Å². The van der Waals surface area contributed by atoms with Crippen LogP contribution >= 0.6 is 0 Å². The first-order valence-electron chi connectivity index (χ1n) is 6.68. The molecule has 1 N–H and O–H groups in total. The predicted molar refractivity (Wildman–Crippen MR) is 70.5 cm³/mol. The summed E-state index contributed by atoms with van der Waals surface area (Å²) in [5.74, 6) is 0.0755. The molecule has 1 fully saturated rings. The Morgan fingerprint density at radius 3 is 2.89 bits per heavy atom. The van der Waals surface area contributed by atoms with Gasteiger partial charge in [-0.15, -0.1) is 0 Å². The normalized spacial score (nSPS) is 25.1. The number of carbonyl (C=O) groups excluding carboxylic acids is 1. The van der Waals surface area contributed by atoms with Gasteiger partial charge in [0.05, 0.1) is 31.8 Å². The lowest BCUT2D eigenvalue weighted by molar-refractivity contribution is -0.137. The summed E-state index contributed by atoms with van der Waals surface area (Å²) in [6.07, 6.45) is 1.06. The average Bonchev–Trinajstić information content (AvgIpc) is 2.83. The van der Waals surface area contributed by atoms with Gasteiger partial charge in [0.1, 0.15) is 0 Å². The summed E-state index contributed by atoms with van der Waals surface area (Å²) in [5.41, 5.74) is 0. The minimum Gasteiger partial charge on any atom is -0.383 e. The second kappa shape index (κ2) is 7.71. The molecular formula is C13H26N2O3. The number of methoxy groups -OCH3 is 1. The zero-order valence-electron chi connectivity index (χ0n) is 11.9. The van der Waals surface area contributed by atoms with Crippen LogP contribution in [-0.2, 0) is 14.3 Å². The van der Waals surface area contributed by atoms with Crippen molar-refractivity contribution in [2.45, 2.75) is 32.4 Å². The molecule has 1 heterocycles. The fraction of sp³-hybridized carbons (Fsp3) is 0.923. The van der Waals surface area contributed by atoms with Gasteiger partial charge in [-0.2, -0.15) is 0 Å². The number of carbonyl (C=O) groups is 1. The van der Waals surface area contributed by atoms with Crippen molar-refractivity contribution in [3.05, 3.63) is 0 Å². The van der Waals surface area contributed by atoms with E-state index in [9.17, 15) is 4.79 Å². The van der Waals surface area contributed by atoms with Crippen LogP contribution in [0.25, 0.3) is 0 Å². The number of hydrogen-bond acceptors (Lipinski definition) is 4. The maximum atomic E-state index is 12.4. The Balaban J connectivity index is 2.53. The third kappa shape index (κ3) is 3.93. The first-order chi connectivity index (χ1) is 8.61. The molecule has 1 aliphatic heterocycles. The zero-order chi connectivity index (χ0) is 13.5. The van der Waals surface area contributed by atoms with Gasteiger partial charge in [0, 0.05) is 20.2 Å². The van der Waals surface area contributed by atoms with E-state index in [1.165, 1.54) is 0 Å². The molecule has 1 rings (SSSR count). The van der Waals surface area contributed by atoms with Gasteiger partial charge < -0.3 is 19.7 Å². The molecular weight excluding hydrogens is 232 g/mol. The van der Waals surface area contributed by atoms with E-state index < -0.39 is 0 Å². The molecule has 3 atom stereocenters. The van der Waals surface area contributed by atoms with Crippen LogP contribution in [0.2, 0.25) is 0 Å². The maximum absolute atomic E-state index is 12.4. The monoisotopic (exact) mass is 258 g/mol. The first kappa shape index (κ1) is 15.4. The third-order valence-corrected chi connectivity index (χ3v) is 3.47. The van der Waals surface area contributed by atoms with Crippen molar-refractivity contribution in [2.75, 3.05) is 40.5 Å². The summed E-state index contributed by atoms with van der Waals surface area (Å²) in [5, 5.41) is 3.38. The van der Waals surface area contributed by atoms with E-state index in [2.05, 4.69) is 12.2 Å². The number of ether oxygens (including phenoxy) is 2. The summed E-state index contributed by atoms with van der Waals surface area (Å²) in [4.78, 5) is 14.2. The molecule has 0 bridgehead atoms. The highest BCUT2D eigenvalue weighted by molar-refractivity contribution is 5.80. The van der Waals surface area contributed by atoms with Gasteiger partial charge in [-0.3, -0.25) is 4.79 Å². The van der Waals surface area contributed by atoms with E-state index in [4.69, 9.17) is 9.47 Å². The van der Waals surface area contributed by atoms with Crippen molar-refractivity contribution < 1.29 is 14.3 Å². The molecule has 106 valence electrons. The fourth-order valence-electron chi connectivity index (χ4n) is 2.16. The minimum atomic E-state index is -0.0687. The highest BCUT2D eigenvalue weighted by Gasteiger charge is 2.36. The number of nitrogens with one attached hydrogen (secondary N) is 1. The van der Waals surface area contributed by atoms with E-state index in [1.54, 1.807) is 12.0 Å². The summed E-state index contributed by atoms with van der Waals surface area (Å²) in [7, 11) is 3.49. The molecule has 1 amide bonds. The molecule has 1 saturated heterocycles. The molecule has 5 nitrogen and oxygen atoms in total. The lowest BCUT2D eigenvalue weighted by atomic mass is 10.0. The van der Waals surface area contributed by atoms with Gasteiger partial charge in [0.25, 0.3) is 0 Å². The topological polar surface area (TPSA) is 50.8 Å². The van der Waals surface area contributed by atoms with Gasteiger partial charge in [0.2, 0.25) is 5.91 Å². The second-order valence-corrected chi connectivity index (χ2v) is 4.96. The van der Waals surface area contributed by atoms with Crippen LogP contribution in [0, 0.1) is 5.92 Å². The smallest absolute Gasteiger partial charge is 0.229 e. The van der Waals surface area contributed by atoms with Crippen molar-refractivity contribution in [1.82, 2.24) is 10.2 Å². The Morgan fingerprint density at radius 1 is 1.56 bits per heavy atom. The molecule has 3 unspecified atom stereocenters. The lowest BCUT2D eigenvalue weighted by Crippen LogP contribution is -2.48. The zero-order valence-corrected chi connectivity index (χ0v) is 11.9. The molecule has 5 heteroatoms. The molecule has 0 radical (unpaired) electrons. The maximum Gasteiger partial charge on any atom is 0.229 e. The van der Waals surface area contributed by atoms with Crippen molar-refractivity contribution in [1.29, 1.82) is 0 Å². The van der Waals surface area contributed by atoms with Crippen molar-refractivity contribution in [3.63, 3.8) is 0 Å².